The molecule has 1 aromatic carbocycles. The quantitative estimate of drug-likeness (QED) is 0.703. The van der Waals surface area contributed by atoms with Gasteiger partial charge in [-0.3, -0.25) is 0 Å². The fraction of sp³-hybridized carbons (Fsp3) is 0.524. The first kappa shape index (κ1) is 21.6. The number of ether oxygens (including phenoxy) is 1. The highest BCUT2D eigenvalue weighted by Crippen LogP contribution is 2.45. The average molecular weight is 467 g/mol. The van der Waals surface area contributed by atoms with Gasteiger partial charge in [0.2, 0.25) is 16.0 Å². The Labute approximate surface area is 184 Å². The van der Waals surface area contributed by atoms with Gasteiger partial charge in [-0.2, -0.15) is 8.78 Å². The van der Waals surface area contributed by atoms with Gasteiger partial charge in [-0.05, 0) is 30.5 Å². The third-order valence-corrected chi connectivity index (χ3v) is 7.45. The highest BCUT2D eigenvalue weighted by Gasteiger charge is 2.45. The molecule has 172 valence electrons. The maximum atomic E-state index is 14.6. The molecule has 2 aliphatic heterocycles. The molecule has 1 aliphatic carbocycles. The van der Waals surface area contributed by atoms with Gasteiger partial charge in [0.05, 0.1) is 36.8 Å². The van der Waals surface area contributed by atoms with Gasteiger partial charge in [-0.15, -0.1) is 0 Å². The van der Waals surface area contributed by atoms with Crippen molar-refractivity contribution < 1.29 is 27.0 Å². The van der Waals surface area contributed by atoms with E-state index in [-0.39, 0.29) is 62.0 Å². The number of benzene rings is 1. The Balaban J connectivity index is 1.59. The van der Waals surface area contributed by atoms with Crippen LogP contribution in [-0.4, -0.2) is 54.5 Å². The van der Waals surface area contributed by atoms with Crippen LogP contribution in [0, 0.1) is 0 Å². The molecule has 0 unspecified atom stereocenters. The van der Waals surface area contributed by atoms with E-state index in [1.807, 2.05) is 6.07 Å². The van der Waals surface area contributed by atoms with Crippen LogP contribution >= 0.6 is 0 Å². The van der Waals surface area contributed by atoms with Crippen LogP contribution in [0.2, 0.25) is 0 Å². The highest BCUT2D eigenvalue weighted by molar-refractivity contribution is 7.89. The van der Waals surface area contributed by atoms with Crippen molar-refractivity contribution in [2.45, 2.75) is 50.4 Å². The molecule has 3 atom stereocenters. The number of hydrogen-bond donors (Lipinski definition) is 2. The smallest absolute Gasteiger partial charge is 0.290 e. The number of β-amino-alcohol motifs (C(OH)–C–C–N with tert-alkyl or cyclic N) is 1. The van der Waals surface area contributed by atoms with E-state index in [0.29, 0.717) is 16.8 Å². The maximum Gasteiger partial charge on any atom is 0.290 e. The molecule has 3 N–H and O–H groups in total. The first-order chi connectivity index (χ1) is 15.0. The molecule has 1 saturated heterocycles. The van der Waals surface area contributed by atoms with E-state index in [1.54, 1.807) is 24.0 Å². The monoisotopic (exact) mass is 466 g/mol. The zero-order chi connectivity index (χ0) is 22.8. The molecule has 11 heteroatoms. The number of nitrogens with two attached hydrogens (primary N) is 1. The Morgan fingerprint density at radius 3 is 2.81 bits per heavy atom. The summed E-state index contributed by atoms with van der Waals surface area (Å²) in [5.41, 5.74) is 2.86. The zero-order valence-corrected chi connectivity index (χ0v) is 18.3. The molecule has 8 nitrogen and oxygen atoms in total. The van der Waals surface area contributed by atoms with Crippen molar-refractivity contribution in [2.75, 3.05) is 23.8 Å². The molecule has 3 heterocycles. The van der Waals surface area contributed by atoms with Crippen LogP contribution in [0.3, 0.4) is 0 Å². The number of primary sulfonamides is 1. The fourth-order valence-electron chi connectivity index (χ4n) is 4.73. The molecular formula is C21H24F2N4O4S. The minimum Gasteiger partial charge on any atom is -0.389 e. The first-order valence-electron chi connectivity index (χ1n) is 10.5. The van der Waals surface area contributed by atoms with E-state index in [1.165, 1.54) is 0 Å². The summed E-state index contributed by atoms with van der Waals surface area (Å²) in [6.07, 6.45) is -0.707. The van der Waals surface area contributed by atoms with Crippen LogP contribution in [0.1, 0.15) is 41.6 Å². The first-order valence-corrected chi connectivity index (χ1v) is 12.2. The second-order valence-corrected chi connectivity index (χ2v) is 10.5. The highest BCUT2D eigenvalue weighted by atomic mass is 32.2. The third-order valence-electron chi connectivity index (χ3n) is 6.59. The van der Waals surface area contributed by atoms with E-state index in [4.69, 9.17) is 9.88 Å². The van der Waals surface area contributed by atoms with Gasteiger partial charge < -0.3 is 14.7 Å². The van der Waals surface area contributed by atoms with Crippen LogP contribution in [0.25, 0.3) is 11.3 Å². The second-order valence-electron chi connectivity index (χ2n) is 8.82. The molecule has 1 aromatic heterocycles. The number of fused-ring (bicyclic) bond motifs is 2. The second kappa shape index (κ2) is 7.41. The van der Waals surface area contributed by atoms with Crippen LogP contribution in [0.15, 0.2) is 18.2 Å². The van der Waals surface area contributed by atoms with E-state index in [0.717, 1.165) is 11.1 Å². The molecular weight excluding hydrogens is 442 g/mol. The number of aromatic nitrogens is 2. The van der Waals surface area contributed by atoms with Gasteiger partial charge in [0, 0.05) is 30.0 Å². The van der Waals surface area contributed by atoms with Crippen LogP contribution in [0.4, 0.5) is 14.7 Å². The van der Waals surface area contributed by atoms with Gasteiger partial charge in [-0.25, -0.2) is 23.5 Å². The molecule has 0 amide bonds. The summed E-state index contributed by atoms with van der Waals surface area (Å²) in [4.78, 5) is 10.5. The zero-order valence-electron chi connectivity index (χ0n) is 17.5. The molecule has 0 saturated carbocycles. The van der Waals surface area contributed by atoms with E-state index < -0.39 is 22.0 Å². The summed E-state index contributed by atoms with van der Waals surface area (Å²) in [6.45, 7) is 2.62. The fourth-order valence-corrected chi connectivity index (χ4v) is 5.57. The predicted molar refractivity (Wildman–Crippen MR) is 113 cm³/mol. The third kappa shape index (κ3) is 3.66. The molecule has 0 spiro atoms. The SMILES string of the molecule is C[C@H]1[C@H](O)CN1c1nc(-c2ccc3c(c2)COC[C@H]3CS(N)(=O)=O)c2c(n1)C(F)(F)CC2. The van der Waals surface area contributed by atoms with Crippen LogP contribution in [-0.2, 0) is 33.7 Å². The lowest BCUT2D eigenvalue weighted by molar-refractivity contribution is -0.00603. The molecule has 0 bridgehead atoms. The summed E-state index contributed by atoms with van der Waals surface area (Å²) >= 11 is 0. The summed E-state index contributed by atoms with van der Waals surface area (Å²) < 4.78 is 58.0. The lowest BCUT2D eigenvalue weighted by Crippen LogP contribution is -2.59. The molecule has 1 fully saturated rings. The Bertz CT molecular complexity index is 1190. The van der Waals surface area contributed by atoms with Gasteiger partial charge >= 0.3 is 0 Å². The van der Waals surface area contributed by atoms with Gasteiger partial charge in [0.1, 0.15) is 5.69 Å². The van der Waals surface area contributed by atoms with Crippen molar-refractivity contribution >= 4 is 16.0 Å². The Hall–Kier alpha value is -2.21. The number of hydrogen-bond acceptors (Lipinski definition) is 7. The van der Waals surface area contributed by atoms with E-state index >= 15 is 0 Å². The van der Waals surface area contributed by atoms with Crippen molar-refractivity contribution in [1.82, 2.24) is 9.97 Å². The van der Waals surface area contributed by atoms with E-state index in [9.17, 15) is 22.3 Å². The standard InChI is InChI=1S/C21H24F2N4O4S/c1-11-17(28)7-27(11)20-25-18(16-4-5-21(22,23)19(16)26-20)12-2-3-15-13(6-12)8-31-9-14(15)10-32(24,29)30/h2-3,6,11,14,17,28H,4-5,7-10H2,1H3,(H2,24,29,30)/t11-,14-,17+/m0/s1. The summed E-state index contributed by atoms with van der Waals surface area (Å²) in [6, 6.07) is 5.14. The molecule has 32 heavy (non-hydrogen) atoms. The van der Waals surface area contributed by atoms with Gasteiger partial charge in [0.25, 0.3) is 5.92 Å². The number of halogens is 2. The number of sulfonamides is 1. The van der Waals surface area contributed by atoms with Gasteiger partial charge in [-0.1, -0.05) is 12.1 Å². The minimum absolute atomic E-state index is 0.164. The van der Waals surface area contributed by atoms with Crippen molar-refractivity contribution in [3.8, 4) is 11.3 Å². The molecule has 5 rings (SSSR count). The van der Waals surface area contributed by atoms with Crippen molar-refractivity contribution in [2.24, 2.45) is 5.14 Å². The summed E-state index contributed by atoms with van der Waals surface area (Å²) in [7, 11) is -3.68. The predicted octanol–water partition coefficient (Wildman–Crippen LogP) is 1.65. The Morgan fingerprint density at radius 2 is 2.12 bits per heavy atom. The minimum atomic E-state index is -3.68. The molecule has 2 aromatic rings. The average Bonchev–Trinajstić information content (AvgIpc) is 3.04. The van der Waals surface area contributed by atoms with Crippen molar-refractivity contribution in [1.29, 1.82) is 0 Å². The molecule has 3 aliphatic rings. The number of alkyl halides is 2. The topological polar surface area (TPSA) is 119 Å². The lowest BCUT2D eigenvalue weighted by atomic mass is 9.91. The number of aliphatic hydroxyl groups excluding tert-OH is 1. The van der Waals surface area contributed by atoms with Crippen LogP contribution in [0.5, 0.6) is 0 Å². The van der Waals surface area contributed by atoms with Crippen LogP contribution < -0.4 is 10.0 Å². The Morgan fingerprint density at radius 1 is 1.34 bits per heavy atom. The molecule has 0 radical (unpaired) electrons. The number of anilines is 1. The van der Waals surface area contributed by atoms with E-state index in [2.05, 4.69) is 9.97 Å². The summed E-state index contributed by atoms with van der Waals surface area (Å²) in [5.74, 6) is -3.47. The lowest BCUT2D eigenvalue weighted by Gasteiger charge is -2.43. The number of rotatable bonds is 4. The Kier molecular flexibility index (Phi) is 5.01. The largest absolute Gasteiger partial charge is 0.389 e. The summed E-state index contributed by atoms with van der Waals surface area (Å²) in [5, 5.41) is 15.1. The normalized spacial score (nSPS) is 26.4. The van der Waals surface area contributed by atoms with Gasteiger partial charge in [0.15, 0.2) is 0 Å². The maximum absolute atomic E-state index is 14.6. The van der Waals surface area contributed by atoms with Crippen molar-refractivity contribution in [3.63, 3.8) is 0 Å². The van der Waals surface area contributed by atoms with Crippen molar-refractivity contribution in [3.05, 3.63) is 40.6 Å². The number of aliphatic hydroxyl groups is 1. The number of nitrogens with zero attached hydrogens (tertiary/aromatic N) is 3.